The highest BCUT2D eigenvalue weighted by molar-refractivity contribution is 9.10. The summed E-state index contributed by atoms with van der Waals surface area (Å²) in [5, 5.41) is 0. The molecular weight excluding hydrogens is 495 g/mol. The zero-order chi connectivity index (χ0) is 23.9. The van der Waals surface area contributed by atoms with Crippen LogP contribution in [-0.2, 0) is 20.1 Å². The van der Waals surface area contributed by atoms with Crippen LogP contribution in [0.1, 0.15) is 21.5 Å². The molecule has 33 heavy (non-hydrogen) atoms. The number of ether oxygens (including phenoxy) is 1. The Labute approximate surface area is 196 Å². The number of benzene rings is 2. The summed E-state index contributed by atoms with van der Waals surface area (Å²) in [5.74, 6) is -0.326. The largest absolute Gasteiger partial charge is 0.497 e. The van der Waals surface area contributed by atoms with E-state index in [0.717, 1.165) is 10.1 Å². The van der Waals surface area contributed by atoms with E-state index in [2.05, 4.69) is 20.9 Å². The Morgan fingerprint density at radius 1 is 1.15 bits per heavy atom. The van der Waals surface area contributed by atoms with Gasteiger partial charge in [0, 0.05) is 12.6 Å². The second-order valence-corrected chi connectivity index (χ2v) is 8.31. The van der Waals surface area contributed by atoms with Crippen LogP contribution in [0.2, 0.25) is 0 Å². The van der Waals surface area contributed by atoms with Crippen LogP contribution in [0, 0.1) is 12.7 Å². The second-order valence-electron chi connectivity index (χ2n) is 7.60. The summed E-state index contributed by atoms with van der Waals surface area (Å²) in [6.07, 6.45) is 0. The summed E-state index contributed by atoms with van der Waals surface area (Å²) >= 11 is 3.34. The standard InChI is InChI=1S/C23H20BrFN4O4/c1-13-7-8-16(25)9-15(13)11-28-19-20(26-22(28)24)27(2)23(32)29(21(19)31)12-18(30)14-5-4-6-17(10-14)33-3/h4-10H,11-12H2,1-3H3. The molecule has 0 radical (unpaired) electrons. The summed E-state index contributed by atoms with van der Waals surface area (Å²) in [6, 6.07) is 10.9. The minimum Gasteiger partial charge on any atom is -0.497 e. The molecule has 2 aromatic heterocycles. The van der Waals surface area contributed by atoms with Crippen LogP contribution in [-0.4, -0.2) is 31.6 Å². The fraction of sp³-hybridized carbons (Fsp3) is 0.217. The van der Waals surface area contributed by atoms with Crippen LogP contribution in [0.15, 0.2) is 56.8 Å². The molecule has 0 saturated heterocycles. The molecule has 0 aliphatic rings. The third-order valence-electron chi connectivity index (χ3n) is 5.52. The second kappa shape index (κ2) is 8.78. The summed E-state index contributed by atoms with van der Waals surface area (Å²) in [7, 11) is 2.96. The van der Waals surface area contributed by atoms with Crippen molar-refractivity contribution in [3.8, 4) is 5.75 Å². The fourth-order valence-corrected chi connectivity index (χ4v) is 4.11. The van der Waals surface area contributed by atoms with Gasteiger partial charge in [-0.05, 0) is 58.2 Å². The van der Waals surface area contributed by atoms with E-state index in [1.807, 2.05) is 6.92 Å². The highest BCUT2D eigenvalue weighted by Gasteiger charge is 2.21. The molecule has 0 N–H and O–H groups in total. The first-order chi connectivity index (χ1) is 15.7. The maximum atomic E-state index is 13.8. The summed E-state index contributed by atoms with van der Waals surface area (Å²) < 4.78 is 22.9. The van der Waals surface area contributed by atoms with Crippen LogP contribution >= 0.6 is 15.9 Å². The number of hydrogen-bond acceptors (Lipinski definition) is 5. The molecule has 0 amide bonds. The minimum absolute atomic E-state index is 0.131. The molecule has 0 fully saturated rings. The van der Waals surface area contributed by atoms with Crippen molar-refractivity contribution < 1.29 is 13.9 Å². The van der Waals surface area contributed by atoms with Gasteiger partial charge in [0.2, 0.25) is 0 Å². The monoisotopic (exact) mass is 514 g/mol. The molecule has 0 bridgehead atoms. The van der Waals surface area contributed by atoms with E-state index in [9.17, 15) is 18.8 Å². The Bertz CT molecular complexity index is 1520. The first-order valence-electron chi connectivity index (χ1n) is 9.99. The quantitative estimate of drug-likeness (QED) is 0.291. The Morgan fingerprint density at radius 2 is 1.91 bits per heavy atom. The molecule has 8 nitrogen and oxygen atoms in total. The van der Waals surface area contributed by atoms with Crippen molar-refractivity contribution in [2.24, 2.45) is 7.05 Å². The fourth-order valence-electron chi connectivity index (χ4n) is 3.64. The Kier molecular flexibility index (Phi) is 6.03. The van der Waals surface area contributed by atoms with E-state index in [1.165, 1.54) is 30.9 Å². The predicted octanol–water partition coefficient (Wildman–Crippen LogP) is 3.05. The van der Waals surface area contributed by atoms with Gasteiger partial charge in [-0.25, -0.2) is 14.2 Å². The number of carbonyl (C=O) groups excluding carboxylic acids is 1. The van der Waals surface area contributed by atoms with Gasteiger partial charge in [-0.15, -0.1) is 0 Å². The normalized spacial score (nSPS) is 11.2. The Hall–Kier alpha value is -3.53. The van der Waals surface area contributed by atoms with E-state index < -0.39 is 29.4 Å². The van der Waals surface area contributed by atoms with Crippen molar-refractivity contribution in [2.45, 2.75) is 20.0 Å². The summed E-state index contributed by atoms with van der Waals surface area (Å²) in [5.41, 5.74) is 0.778. The number of aromatic nitrogens is 4. The number of fused-ring (bicyclic) bond motifs is 1. The first-order valence-corrected chi connectivity index (χ1v) is 10.8. The lowest BCUT2D eigenvalue weighted by Crippen LogP contribution is -2.41. The molecule has 0 spiro atoms. The van der Waals surface area contributed by atoms with Gasteiger partial charge < -0.3 is 9.30 Å². The molecule has 0 saturated carbocycles. The highest BCUT2D eigenvalue weighted by Crippen LogP contribution is 2.21. The predicted molar refractivity (Wildman–Crippen MR) is 124 cm³/mol. The number of ketones is 1. The zero-order valence-corrected chi connectivity index (χ0v) is 19.7. The molecule has 2 aromatic carbocycles. The third kappa shape index (κ3) is 4.13. The molecular formula is C23H20BrFN4O4. The number of carbonyl (C=O) groups is 1. The van der Waals surface area contributed by atoms with Gasteiger partial charge in [-0.1, -0.05) is 18.2 Å². The van der Waals surface area contributed by atoms with Gasteiger partial charge in [0.15, 0.2) is 21.7 Å². The van der Waals surface area contributed by atoms with E-state index in [4.69, 9.17) is 4.74 Å². The molecule has 0 unspecified atom stereocenters. The van der Waals surface area contributed by atoms with Crippen LogP contribution in [0.5, 0.6) is 5.75 Å². The molecule has 2 heterocycles. The number of halogens is 2. The minimum atomic E-state index is -0.664. The topological polar surface area (TPSA) is 88.1 Å². The van der Waals surface area contributed by atoms with Gasteiger partial charge in [0.05, 0.1) is 20.2 Å². The van der Waals surface area contributed by atoms with Crippen LogP contribution in [0.3, 0.4) is 0 Å². The number of hydrogen-bond donors (Lipinski definition) is 0. The number of nitrogens with zero attached hydrogens (tertiary/aromatic N) is 4. The molecule has 0 aliphatic carbocycles. The maximum absolute atomic E-state index is 13.8. The SMILES string of the molecule is COc1cccc(C(=O)Cn2c(=O)c3c(nc(Br)n3Cc3cc(F)ccc3C)n(C)c2=O)c1. The molecule has 4 aromatic rings. The van der Waals surface area contributed by atoms with E-state index in [-0.39, 0.29) is 17.7 Å². The van der Waals surface area contributed by atoms with Gasteiger partial charge >= 0.3 is 5.69 Å². The smallest absolute Gasteiger partial charge is 0.332 e. The number of imidazole rings is 1. The van der Waals surface area contributed by atoms with E-state index in [0.29, 0.717) is 21.6 Å². The number of methoxy groups -OCH3 is 1. The van der Waals surface area contributed by atoms with Crippen molar-refractivity contribution in [3.05, 3.63) is 90.5 Å². The molecule has 0 atom stereocenters. The van der Waals surface area contributed by atoms with Crippen molar-refractivity contribution in [2.75, 3.05) is 7.11 Å². The van der Waals surface area contributed by atoms with Gasteiger partial charge in [0.1, 0.15) is 11.6 Å². The third-order valence-corrected chi connectivity index (χ3v) is 6.12. The summed E-state index contributed by atoms with van der Waals surface area (Å²) in [4.78, 5) is 43.5. The molecule has 4 rings (SSSR count). The first kappa shape index (κ1) is 22.7. The van der Waals surface area contributed by atoms with Crippen molar-refractivity contribution >= 4 is 32.9 Å². The van der Waals surface area contributed by atoms with Gasteiger partial charge in [-0.3, -0.25) is 18.7 Å². The zero-order valence-electron chi connectivity index (χ0n) is 18.1. The lowest BCUT2D eigenvalue weighted by Gasteiger charge is -2.11. The van der Waals surface area contributed by atoms with Crippen LogP contribution < -0.4 is 16.0 Å². The number of rotatable bonds is 6. The molecule has 170 valence electrons. The maximum Gasteiger partial charge on any atom is 0.332 e. The van der Waals surface area contributed by atoms with Gasteiger partial charge in [0.25, 0.3) is 5.56 Å². The van der Waals surface area contributed by atoms with Crippen LogP contribution in [0.4, 0.5) is 4.39 Å². The van der Waals surface area contributed by atoms with E-state index >= 15 is 0 Å². The van der Waals surface area contributed by atoms with Crippen molar-refractivity contribution in [1.82, 2.24) is 18.7 Å². The Morgan fingerprint density at radius 3 is 2.64 bits per heavy atom. The van der Waals surface area contributed by atoms with Crippen LogP contribution in [0.25, 0.3) is 11.2 Å². The molecule has 10 heteroatoms. The average Bonchev–Trinajstić information content (AvgIpc) is 3.13. The van der Waals surface area contributed by atoms with Crippen molar-refractivity contribution in [1.29, 1.82) is 0 Å². The lowest BCUT2D eigenvalue weighted by molar-refractivity contribution is 0.0968. The van der Waals surface area contributed by atoms with Crippen molar-refractivity contribution in [3.63, 3.8) is 0 Å². The Balaban J connectivity index is 1.84. The summed E-state index contributed by atoms with van der Waals surface area (Å²) in [6.45, 7) is 1.54. The highest BCUT2D eigenvalue weighted by atomic mass is 79.9. The number of aryl methyl sites for hydroxylation is 2. The molecule has 0 aliphatic heterocycles. The number of Topliss-reactive ketones (excluding diaryl/α,β-unsaturated/α-hetero) is 1. The average molecular weight is 515 g/mol. The van der Waals surface area contributed by atoms with E-state index in [1.54, 1.807) is 34.9 Å². The van der Waals surface area contributed by atoms with Gasteiger partial charge in [-0.2, -0.15) is 0 Å². The lowest BCUT2D eigenvalue weighted by atomic mass is 10.1.